The molecule has 1 aromatic carbocycles. The smallest absolute Gasteiger partial charge is 0.404 e. The molecule has 6 nitrogen and oxygen atoms in total. The van der Waals surface area contributed by atoms with E-state index in [9.17, 15) is 4.79 Å². The molecule has 126 valence electrons. The van der Waals surface area contributed by atoms with Crippen molar-refractivity contribution in [3.05, 3.63) is 64.5 Å². The van der Waals surface area contributed by atoms with E-state index in [1.807, 2.05) is 57.2 Å². The Labute approximate surface area is 141 Å². The van der Waals surface area contributed by atoms with E-state index in [0.717, 1.165) is 33.8 Å². The van der Waals surface area contributed by atoms with Gasteiger partial charge in [0.25, 0.3) is 0 Å². The summed E-state index contributed by atoms with van der Waals surface area (Å²) in [5.41, 5.74) is 5.29. The molecule has 0 aliphatic rings. The Bertz CT molecular complexity index is 757. The fourth-order valence-electron chi connectivity index (χ4n) is 2.19. The predicted molar refractivity (Wildman–Crippen MR) is 92.0 cm³/mol. The first-order valence-corrected chi connectivity index (χ1v) is 7.61. The maximum absolute atomic E-state index is 10.6. The number of aromatic nitrogens is 1. The van der Waals surface area contributed by atoms with Gasteiger partial charge in [0.05, 0.1) is 11.4 Å². The van der Waals surface area contributed by atoms with E-state index < -0.39 is 6.09 Å². The number of pyridine rings is 1. The topological polar surface area (TPSA) is 83.8 Å². The average Bonchev–Trinajstić information content (AvgIpc) is 2.54. The molecular formula is C18H21N3O3. The van der Waals surface area contributed by atoms with Crippen LogP contribution in [-0.2, 0) is 18.0 Å². The lowest BCUT2D eigenvalue weighted by Gasteiger charge is -2.09. The number of carboxylic acid groups (broad SMARTS) is 1. The van der Waals surface area contributed by atoms with Crippen LogP contribution >= 0.6 is 0 Å². The van der Waals surface area contributed by atoms with Crippen LogP contribution in [0.3, 0.4) is 0 Å². The van der Waals surface area contributed by atoms with Gasteiger partial charge in [-0.25, -0.2) is 4.79 Å². The standard InChI is InChI=1S/C18H21N3O3/c1-12-7-8-15(9-16(12)10-19-18(22)23)14(3)21-24-11-17-6-4-5-13(2)20-17/h4-9,19H,10-11H2,1-3H3,(H,22,23). The second-order valence-corrected chi connectivity index (χ2v) is 5.52. The zero-order chi connectivity index (χ0) is 17.5. The monoisotopic (exact) mass is 327 g/mol. The minimum atomic E-state index is -1.04. The summed E-state index contributed by atoms with van der Waals surface area (Å²) in [6.07, 6.45) is -1.04. The van der Waals surface area contributed by atoms with Gasteiger partial charge in [0.1, 0.15) is 0 Å². The summed E-state index contributed by atoms with van der Waals surface area (Å²) >= 11 is 0. The van der Waals surface area contributed by atoms with Crippen molar-refractivity contribution in [1.29, 1.82) is 0 Å². The lowest BCUT2D eigenvalue weighted by molar-refractivity contribution is 0.127. The molecule has 2 rings (SSSR count). The van der Waals surface area contributed by atoms with E-state index >= 15 is 0 Å². The summed E-state index contributed by atoms with van der Waals surface area (Å²) in [5, 5.41) is 15.2. The highest BCUT2D eigenvalue weighted by atomic mass is 16.6. The molecule has 2 N–H and O–H groups in total. The van der Waals surface area contributed by atoms with Crippen LogP contribution in [0.2, 0.25) is 0 Å². The van der Waals surface area contributed by atoms with Crippen LogP contribution in [0.25, 0.3) is 0 Å². The van der Waals surface area contributed by atoms with Crippen molar-refractivity contribution in [1.82, 2.24) is 10.3 Å². The molecule has 0 fully saturated rings. The molecule has 0 atom stereocenters. The number of hydrogen-bond acceptors (Lipinski definition) is 4. The second-order valence-electron chi connectivity index (χ2n) is 5.52. The van der Waals surface area contributed by atoms with Gasteiger partial charge in [-0.15, -0.1) is 0 Å². The maximum atomic E-state index is 10.6. The Morgan fingerprint density at radius 2 is 2.08 bits per heavy atom. The van der Waals surface area contributed by atoms with Gasteiger partial charge in [0, 0.05) is 12.2 Å². The Kier molecular flexibility index (Phi) is 5.89. The summed E-state index contributed by atoms with van der Waals surface area (Å²) in [7, 11) is 0. The molecule has 0 spiro atoms. The van der Waals surface area contributed by atoms with Gasteiger partial charge in [-0.1, -0.05) is 23.4 Å². The first-order valence-electron chi connectivity index (χ1n) is 7.61. The van der Waals surface area contributed by atoms with Crippen molar-refractivity contribution in [2.75, 3.05) is 0 Å². The normalized spacial score (nSPS) is 11.2. The Hall–Kier alpha value is -2.89. The average molecular weight is 327 g/mol. The highest BCUT2D eigenvalue weighted by Gasteiger charge is 2.05. The summed E-state index contributed by atoms with van der Waals surface area (Å²) in [6.45, 7) is 6.28. The van der Waals surface area contributed by atoms with Crippen LogP contribution < -0.4 is 5.32 Å². The molecule has 6 heteroatoms. The third-order valence-corrected chi connectivity index (χ3v) is 3.56. The van der Waals surface area contributed by atoms with Crippen molar-refractivity contribution >= 4 is 11.8 Å². The van der Waals surface area contributed by atoms with Gasteiger partial charge in [-0.05, 0) is 55.7 Å². The van der Waals surface area contributed by atoms with Crippen molar-refractivity contribution in [3.8, 4) is 0 Å². The van der Waals surface area contributed by atoms with E-state index in [-0.39, 0.29) is 6.54 Å². The zero-order valence-corrected chi connectivity index (χ0v) is 14.0. The van der Waals surface area contributed by atoms with Crippen molar-refractivity contribution in [2.45, 2.75) is 33.9 Å². The third kappa shape index (κ3) is 5.08. The summed E-state index contributed by atoms with van der Waals surface area (Å²) in [6, 6.07) is 11.5. The number of oxime groups is 1. The molecule has 2 aromatic rings. The molecule has 1 amide bonds. The lowest BCUT2D eigenvalue weighted by atomic mass is 10.0. The number of nitrogens with zero attached hydrogens (tertiary/aromatic N) is 2. The minimum Gasteiger partial charge on any atom is -0.465 e. The summed E-state index contributed by atoms with van der Waals surface area (Å²) in [4.78, 5) is 20.4. The summed E-state index contributed by atoms with van der Waals surface area (Å²) < 4.78 is 0. The van der Waals surface area contributed by atoms with Crippen LogP contribution in [0, 0.1) is 13.8 Å². The van der Waals surface area contributed by atoms with Crippen molar-refractivity contribution in [2.24, 2.45) is 5.16 Å². The molecule has 0 radical (unpaired) electrons. The SMILES string of the molecule is CC(=NOCc1cccc(C)n1)c1ccc(C)c(CNC(=O)O)c1. The molecule has 0 saturated carbocycles. The van der Waals surface area contributed by atoms with E-state index in [0.29, 0.717) is 6.61 Å². The number of rotatable bonds is 6. The van der Waals surface area contributed by atoms with Gasteiger partial charge in [-0.2, -0.15) is 0 Å². The molecule has 1 heterocycles. The molecule has 0 saturated heterocycles. The molecule has 0 aliphatic heterocycles. The van der Waals surface area contributed by atoms with Crippen LogP contribution in [0.5, 0.6) is 0 Å². The highest BCUT2D eigenvalue weighted by Crippen LogP contribution is 2.13. The first kappa shape index (κ1) is 17.5. The molecular weight excluding hydrogens is 306 g/mol. The van der Waals surface area contributed by atoms with Crippen molar-refractivity contribution in [3.63, 3.8) is 0 Å². The Morgan fingerprint density at radius 1 is 1.29 bits per heavy atom. The fourth-order valence-corrected chi connectivity index (χ4v) is 2.19. The van der Waals surface area contributed by atoms with Gasteiger partial charge in [0.2, 0.25) is 0 Å². The molecule has 0 bridgehead atoms. The fraction of sp³-hybridized carbons (Fsp3) is 0.278. The number of carbonyl (C=O) groups is 1. The molecule has 0 aliphatic carbocycles. The number of benzene rings is 1. The number of amides is 1. The zero-order valence-electron chi connectivity index (χ0n) is 14.0. The molecule has 0 unspecified atom stereocenters. The molecule has 1 aromatic heterocycles. The van der Waals surface area contributed by atoms with Gasteiger partial charge in [-0.3, -0.25) is 4.98 Å². The van der Waals surface area contributed by atoms with E-state index in [4.69, 9.17) is 9.94 Å². The largest absolute Gasteiger partial charge is 0.465 e. The van der Waals surface area contributed by atoms with Gasteiger partial charge >= 0.3 is 6.09 Å². The first-order chi connectivity index (χ1) is 11.5. The van der Waals surface area contributed by atoms with Crippen LogP contribution in [-0.4, -0.2) is 21.9 Å². The van der Waals surface area contributed by atoms with Crippen molar-refractivity contribution < 1.29 is 14.7 Å². The number of hydrogen-bond donors (Lipinski definition) is 2. The second kappa shape index (κ2) is 8.10. The maximum Gasteiger partial charge on any atom is 0.404 e. The Morgan fingerprint density at radius 3 is 2.79 bits per heavy atom. The predicted octanol–water partition coefficient (Wildman–Crippen LogP) is 3.41. The Balaban J connectivity index is 2.04. The summed E-state index contributed by atoms with van der Waals surface area (Å²) in [5.74, 6) is 0. The van der Waals surface area contributed by atoms with E-state index in [2.05, 4.69) is 15.5 Å². The van der Waals surface area contributed by atoms with Crippen LogP contribution in [0.15, 0.2) is 41.6 Å². The molecule has 24 heavy (non-hydrogen) atoms. The number of aryl methyl sites for hydroxylation is 2. The number of nitrogens with one attached hydrogen (secondary N) is 1. The van der Waals surface area contributed by atoms with E-state index in [1.165, 1.54) is 0 Å². The van der Waals surface area contributed by atoms with E-state index in [1.54, 1.807) is 0 Å². The third-order valence-electron chi connectivity index (χ3n) is 3.56. The van der Waals surface area contributed by atoms with Gasteiger partial charge in [0.15, 0.2) is 6.61 Å². The van der Waals surface area contributed by atoms with Crippen LogP contribution in [0.4, 0.5) is 4.79 Å². The highest BCUT2D eigenvalue weighted by molar-refractivity contribution is 5.98. The van der Waals surface area contributed by atoms with Crippen LogP contribution in [0.1, 0.15) is 35.0 Å². The van der Waals surface area contributed by atoms with Gasteiger partial charge < -0.3 is 15.3 Å². The lowest BCUT2D eigenvalue weighted by Crippen LogP contribution is -2.20. The quantitative estimate of drug-likeness (QED) is 0.629. The minimum absolute atomic E-state index is 0.260.